The van der Waals surface area contributed by atoms with Gasteiger partial charge in [0.1, 0.15) is 5.75 Å². The number of allylic oxidation sites excluding steroid dienone is 1. The summed E-state index contributed by atoms with van der Waals surface area (Å²) in [4.78, 5) is 11.6. The van der Waals surface area contributed by atoms with E-state index >= 15 is 0 Å². The molecular weight excluding hydrogens is 212 g/mol. The van der Waals surface area contributed by atoms with Crippen molar-refractivity contribution in [2.75, 3.05) is 6.61 Å². The van der Waals surface area contributed by atoms with Crippen LogP contribution in [0.2, 0.25) is 0 Å². The van der Waals surface area contributed by atoms with E-state index in [0.29, 0.717) is 11.5 Å². The summed E-state index contributed by atoms with van der Waals surface area (Å²) >= 11 is 0. The van der Waals surface area contributed by atoms with Crippen LogP contribution < -0.4 is 4.74 Å². The second kappa shape index (κ2) is 4.74. The van der Waals surface area contributed by atoms with E-state index in [1.807, 2.05) is 25.1 Å². The zero-order valence-corrected chi connectivity index (χ0v) is 10.5. The highest BCUT2D eigenvalue weighted by Crippen LogP contribution is 2.33. The third-order valence-electron chi connectivity index (χ3n) is 3.00. The van der Waals surface area contributed by atoms with Gasteiger partial charge >= 0.3 is 0 Å². The topological polar surface area (TPSA) is 26.3 Å². The molecule has 0 heterocycles. The summed E-state index contributed by atoms with van der Waals surface area (Å²) in [6, 6.07) is 5.61. The molecule has 0 bridgehead atoms. The maximum Gasteiger partial charge on any atom is 0.160 e. The summed E-state index contributed by atoms with van der Waals surface area (Å²) < 4.78 is 5.80. The first-order valence-electron chi connectivity index (χ1n) is 6.02. The molecular formula is C15H18O2. The van der Waals surface area contributed by atoms with Gasteiger partial charge in [-0.1, -0.05) is 18.7 Å². The number of carbonyl (C=O) groups is 1. The van der Waals surface area contributed by atoms with Crippen molar-refractivity contribution in [3.05, 3.63) is 35.9 Å². The van der Waals surface area contributed by atoms with Crippen LogP contribution in [-0.4, -0.2) is 12.4 Å². The minimum atomic E-state index is 0.0554. The van der Waals surface area contributed by atoms with Crippen molar-refractivity contribution in [2.45, 2.75) is 26.7 Å². The largest absolute Gasteiger partial charge is 0.493 e. The molecule has 1 aromatic rings. The van der Waals surface area contributed by atoms with Gasteiger partial charge in [-0.25, -0.2) is 0 Å². The molecule has 17 heavy (non-hydrogen) atoms. The van der Waals surface area contributed by atoms with Crippen LogP contribution in [0.5, 0.6) is 5.75 Å². The van der Waals surface area contributed by atoms with Crippen molar-refractivity contribution in [1.29, 1.82) is 0 Å². The standard InChI is InChI=1S/C15H18O2/c1-10(2)15-13(11(3)16)5-4-6-14(15)17-9-12-7-8-12/h4-6,12H,1,7-9H2,2-3H3. The summed E-state index contributed by atoms with van der Waals surface area (Å²) in [7, 11) is 0. The molecule has 2 rings (SSSR count). The highest BCUT2D eigenvalue weighted by Gasteiger charge is 2.23. The lowest BCUT2D eigenvalue weighted by atomic mass is 9.98. The van der Waals surface area contributed by atoms with Gasteiger partial charge in [0.05, 0.1) is 6.61 Å². The summed E-state index contributed by atoms with van der Waals surface area (Å²) in [6.45, 7) is 8.18. The van der Waals surface area contributed by atoms with E-state index in [0.717, 1.165) is 23.5 Å². The number of carbonyl (C=O) groups excluding carboxylic acids is 1. The zero-order valence-electron chi connectivity index (χ0n) is 10.5. The highest BCUT2D eigenvalue weighted by atomic mass is 16.5. The Morgan fingerprint density at radius 2 is 2.12 bits per heavy atom. The first-order chi connectivity index (χ1) is 8.09. The number of hydrogen-bond donors (Lipinski definition) is 0. The van der Waals surface area contributed by atoms with Gasteiger partial charge in [0.15, 0.2) is 5.78 Å². The predicted molar refractivity (Wildman–Crippen MR) is 69.4 cm³/mol. The number of rotatable bonds is 5. The minimum Gasteiger partial charge on any atom is -0.493 e. The quantitative estimate of drug-likeness (QED) is 0.721. The van der Waals surface area contributed by atoms with E-state index in [2.05, 4.69) is 6.58 Å². The molecule has 0 aliphatic heterocycles. The van der Waals surface area contributed by atoms with Crippen LogP contribution in [0.15, 0.2) is 24.8 Å². The molecule has 1 saturated carbocycles. The smallest absolute Gasteiger partial charge is 0.160 e. The van der Waals surface area contributed by atoms with Crippen molar-refractivity contribution in [3.63, 3.8) is 0 Å². The Hall–Kier alpha value is -1.57. The summed E-state index contributed by atoms with van der Waals surface area (Å²) in [5.74, 6) is 1.55. The third-order valence-corrected chi connectivity index (χ3v) is 3.00. The summed E-state index contributed by atoms with van der Waals surface area (Å²) in [6.07, 6.45) is 2.52. The fraction of sp³-hybridized carbons (Fsp3) is 0.400. The Morgan fingerprint density at radius 1 is 1.41 bits per heavy atom. The van der Waals surface area contributed by atoms with Crippen LogP contribution in [0.3, 0.4) is 0 Å². The monoisotopic (exact) mass is 230 g/mol. The summed E-state index contributed by atoms with van der Waals surface area (Å²) in [5, 5.41) is 0. The summed E-state index contributed by atoms with van der Waals surface area (Å²) in [5.41, 5.74) is 2.44. The van der Waals surface area contributed by atoms with E-state index in [-0.39, 0.29) is 5.78 Å². The number of ether oxygens (including phenoxy) is 1. The second-order valence-corrected chi connectivity index (χ2v) is 4.77. The van der Waals surface area contributed by atoms with Gasteiger partial charge in [-0.2, -0.15) is 0 Å². The zero-order chi connectivity index (χ0) is 12.4. The Morgan fingerprint density at radius 3 is 2.65 bits per heavy atom. The maximum absolute atomic E-state index is 11.6. The van der Waals surface area contributed by atoms with Crippen LogP contribution in [0, 0.1) is 5.92 Å². The molecule has 1 aliphatic carbocycles. The van der Waals surface area contributed by atoms with Gasteiger partial charge in [0.25, 0.3) is 0 Å². The van der Waals surface area contributed by atoms with Crippen LogP contribution in [-0.2, 0) is 0 Å². The van der Waals surface area contributed by atoms with Crippen molar-refractivity contribution >= 4 is 11.4 Å². The molecule has 1 fully saturated rings. The van der Waals surface area contributed by atoms with E-state index in [1.54, 1.807) is 6.92 Å². The first-order valence-corrected chi connectivity index (χ1v) is 6.02. The molecule has 0 aromatic heterocycles. The average Bonchev–Trinajstić information content (AvgIpc) is 3.09. The maximum atomic E-state index is 11.6. The fourth-order valence-electron chi connectivity index (χ4n) is 1.88. The number of Topliss-reactive ketones (excluding diaryl/α,β-unsaturated/α-hetero) is 1. The lowest BCUT2D eigenvalue weighted by Crippen LogP contribution is -2.05. The normalized spacial score (nSPS) is 14.5. The molecule has 2 heteroatoms. The van der Waals surface area contributed by atoms with Gasteiger partial charge < -0.3 is 4.74 Å². The Bertz CT molecular complexity index is 456. The molecule has 0 N–H and O–H groups in total. The fourth-order valence-corrected chi connectivity index (χ4v) is 1.88. The van der Waals surface area contributed by atoms with Gasteiger partial charge in [-0.05, 0) is 44.2 Å². The molecule has 0 radical (unpaired) electrons. The lowest BCUT2D eigenvalue weighted by Gasteiger charge is -2.14. The molecule has 0 saturated heterocycles. The highest BCUT2D eigenvalue weighted by molar-refractivity contribution is 5.99. The third kappa shape index (κ3) is 2.76. The number of benzene rings is 1. The van der Waals surface area contributed by atoms with E-state index in [4.69, 9.17) is 4.74 Å². The van der Waals surface area contributed by atoms with Crippen molar-refractivity contribution in [3.8, 4) is 5.75 Å². The SMILES string of the molecule is C=C(C)c1c(OCC2CC2)cccc1C(C)=O. The van der Waals surface area contributed by atoms with Crippen molar-refractivity contribution in [2.24, 2.45) is 5.92 Å². The molecule has 0 spiro atoms. The predicted octanol–water partition coefficient (Wildman–Crippen LogP) is 3.71. The van der Waals surface area contributed by atoms with Gasteiger partial charge in [-0.3, -0.25) is 4.79 Å². The van der Waals surface area contributed by atoms with Crippen LogP contribution in [0.25, 0.3) is 5.57 Å². The second-order valence-electron chi connectivity index (χ2n) is 4.77. The molecule has 1 aromatic carbocycles. The minimum absolute atomic E-state index is 0.0554. The Kier molecular flexibility index (Phi) is 3.32. The molecule has 0 unspecified atom stereocenters. The van der Waals surface area contributed by atoms with E-state index < -0.39 is 0 Å². The molecule has 90 valence electrons. The van der Waals surface area contributed by atoms with Gasteiger partial charge in [-0.15, -0.1) is 0 Å². The Labute approximate surface area is 102 Å². The first kappa shape index (κ1) is 11.9. The lowest BCUT2D eigenvalue weighted by molar-refractivity contribution is 0.101. The molecule has 2 nitrogen and oxygen atoms in total. The Balaban J connectivity index is 2.31. The molecule has 1 aliphatic rings. The van der Waals surface area contributed by atoms with Gasteiger partial charge in [0, 0.05) is 11.1 Å². The van der Waals surface area contributed by atoms with Crippen LogP contribution in [0.4, 0.5) is 0 Å². The van der Waals surface area contributed by atoms with Crippen LogP contribution in [0.1, 0.15) is 42.6 Å². The van der Waals surface area contributed by atoms with Crippen LogP contribution >= 0.6 is 0 Å². The average molecular weight is 230 g/mol. The van der Waals surface area contributed by atoms with Gasteiger partial charge in [0.2, 0.25) is 0 Å². The molecule has 0 amide bonds. The number of ketones is 1. The van der Waals surface area contributed by atoms with E-state index in [9.17, 15) is 4.79 Å². The van der Waals surface area contributed by atoms with Crippen molar-refractivity contribution < 1.29 is 9.53 Å². The number of hydrogen-bond acceptors (Lipinski definition) is 2. The molecule has 0 atom stereocenters. The van der Waals surface area contributed by atoms with E-state index in [1.165, 1.54) is 12.8 Å². The van der Waals surface area contributed by atoms with Crippen molar-refractivity contribution in [1.82, 2.24) is 0 Å².